The van der Waals surface area contributed by atoms with Gasteiger partial charge in [-0.3, -0.25) is 4.90 Å². The largest absolute Gasteiger partial charge is 0.465 e. The number of nitrogens with one attached hydrogen (secondary N) is 1. The number of carbonyl (C=O) groups excluding carboxylic acids is 2. The van der Waals surface area contributed by atoms with Gasteiger partial charge in [0.2, 0.25) is 5.95 Å². The van der Waals surface area contributed by atoms with Crippen LogP contribution in [0, 0.1) is 0 Å². The van der Waals surface area contributed by atoms with E-state index >= 15 is 0 Å². The van der Waals surface area contributed by atoms with E-state index in [2.05, 4.69) is 20.4 Å². The number of ether oxygens (including phenoxy) is 2. The number of rotatable bonds is 5. The molecule has 1 saturated heterocycles. The molecule has 0 saturated carbocycles. The standard InChI is InChI=1S/C25H29ClN6O4/c1-25(2,3)36-24(34)31-12-6-5-7-20(31)32-15-18(13-28-32)29-23-27-14-19(26)21(30-23)16-8-10-17(11-9-16)22(33)35-4/h8-11,13-15,20H,5-7,12H2,1-4H3,(H,27,29,30). The average molecular weight is 513 g/mol. The van der Waals surface area contributed by atoms with Crippen LogP contribution in [0.1, 0.15) is 56.6 Å². The number of hydrogen-bond donors (Lipinski definition) is 1. The molecule has 190 valence electrons. The molecule has 3 heterocycles. The molecule has 0 radical (unpaired) electrons. The van der Waals surface area contributed by atoms with Gasteiger partial charge in [0.05, 0.1) is 47.7 Å². The maximum Gasteiger partial charge on any atom is 0.411 e. The summed E-state index contributed by atoms with van der Waals surface area (Å²) in [6.07, 6.45) is 7.09. The minimum atomic E-state index is -0.570. The second-order valence-electron chi connectivity index (χ2n) is 9.44. The fourth-order valence-electron chi connectivity index (χ4n) is 3.93. The van der Waals surface area contributed by atoms with Crippen molar-refractivity contribution >= 4 is 35.3 Å². The van der Waals surface area contributed by atoms with Gasteiger partial charge in [-0.25, -0.2) is 24.2 Å². The molecule has 11 heteroatoms. The Morgan fingerprint density at radius 2 is 1.89 bits per heavy atom. The van der Waals surface area contributed by atoms with Gasteiger partial charge in [-0.2, -0.15) is 5.10 Å². The van der Waals surface area contributed by atoms with Gasteiger partial charge in [-0.15, -0.1) is 0 Å². The second kappa shape index (κ2) is 10.5. The van der Waals surface area contributed by atoms with Gasteiger partial charge < -0.3 is 14.8 Å². The minimum Gasteiger partial charge on any atom is -0.465 e. The summed E-state index contributed by atoms with van der Waals surface area (Å²) in [6.45, 7) is 6.18. The Balaban J connectivity index is 1.51. The Hall–Kier alpha value is -3.66. The fraction of sp³-hybridized carbons (Fsp3) is 0.400. The maximum absolute atomic E-state index is 12.8. The van der Waals surface area contributed by atoms with Crippen LogP contribution in [0.5, 0.6) is 0 Å². The first-order valence-electron chi connectivity index (χ1n) is 11.7. The second-order valence-corrected chi connectivity index (χ2v) is 9.85. The van der Waals surface area contributed by atoms with Crippen molar-refractivity contribution in [3.8, 4) is 11.3 Å². The summed E-state index contributed by atoms with van der Waals surface area (Å²) < 4.78 is 12.1. The van der Waals surface area contributed by atoms with Crippen molar-refractivity contribution in [3.63, 3.8) is 0 Å². The molecule has 36 heavy (non-hydrogen) atoms. The van der Waals surface area contributed by atoms with E-state index in [1.807, 2.05) is 27.0 Å². The highest BCUT2D eigenvalue weighted by Crippen LogP contribution is 2.30. The van der Waals surface area contributed by atoms with Gasteiger partial charge in [-0.05, 0) is 52.2 Å². The summed E-state index contributed by atoms with van der Waals surface area (Å²) >= 11 is 6.35. The topological polar surface area (TPSA) is 111 Å². The van der Waals surface area contributed by atoms with E-state index in [1.165, 1.54) is 13.3 Å². The summed E-state index contributed by atoms with van der Waals surface area (Å²) in [5.74, 6) is -0.0865. The van der Waals surface area contributed by atoms with E-state index in [4.69, 9.17) is 21.1 Å². The predicted molar refractivity (Wildman–Crippen MR) is 135 cm³/mol. The smallest absolute Gasteiger partial charge is 0.411 e. The number of methoxy groups -OCH3 is 1. The highest BCUT2D eigenvalue weighted by molar-refractivity contribution is 6.32. The van der Waals surface area contributed by atoms with Crippen LogP contribution < -0.4 is 5.32 Å². The van der Waals surface area contributed by atoms with E-state index in [1.54, 1.807) is 40.0 Å². The zero-order valence-electron chi connectivity index (χ0n) is 20.7. The molecular formula is C25H29ClN6O4. The first-order valence-corrected chi connectivity index (χ1v) is 12.0. The van der Waals surface area contributed by atoms with Crippen molar-refractivity contribution in [1.82, 2.24) is 24.6 Å². The van der Waals surface area contributed by atoms with Crippen LogP contribution in [0.25, 0.3) is 11.3 Å². The number of benzene rings is 1. The Labute approximate surface area is 214 Å². The Morgan fingerprint density at radius 3 is 2.58 bits per heavy atom. The number of aromatic nitrogens is 4. The van der Waals surface area contributed by atoms with Crippen LogP contribution in [-0.2, 0) is 9.47 Å². The molecule has 1 atom stereocenters. The zero-order valence-corrected chi connectivity index (χ0v) is 21.5. The average Bonchev–Trinajstić information content (AvgIpc) is 3.32. The van der Waals surface area contributed by atoms with Gasteiger partial charge in [0.25, 0.3) is 0 Å². The Bertz CT molecular complexity index is 1240. The van der Waals surface area contributed by atoms with E-state index < -0.39 is 11.6 Å². The molecule has 1 aliphatic rings. The molecule has 2 aromatic heterocycles. The number of nitrogens with zero attached hydrogens (tertiary/aromatic N) is 5. The lowest BCUT2D eigenvalue weighted by molar-refractivity contribution is -0.00345. The summed E-state index contributed by atoms with van der Waals surface area (Å²) in [4.78, 5) is 35.0. The molecule has 1 aromatic carbocycles. The molecule has 1 amide bonds. The Morgan fingerprint density at radius 1 is 1.14 bits per heavy atom. The van der Waals surface area contributed by atoms with E-state index in [0.29, 0.717) is 34.5 Å². The molecular weight excluding hydrogens is 484 g/mol. The first kappa shape index (κ1) is 25.4. The van der Waals surface area contributed by atoms with Gasteiger partial charge in [0.15, 0.2) is 0 Å². The third-order valence-electron chi connectivity index (χ3n) is 5.59. The highest BCUT2D eigenvalue weighted by Gasteiger charge is 2.32. The van der Waals surface area contributed by atoms with E-state index in [9.17, 15) is 9.59 Å². The van der Waals surface area contributed by atoms with Crippen molar-refractivity contribution in [3.05, 3.63) is 53.4 Å². The van der Waals surface area contributed by atoms with Crippen molar-refractivity contribution in [1.29, 1.82) is 0 Å². The van der Waals surface area contributed by atoms with Crippen LogP contribution in [-0.4, -0.2) is 56.0 Å². The van der Waals surface area contributed by atoms with Gasteiger partial charge >= 0.3 is 12.1 Å². The molecule has 1 unspecified atom stereocenters. The number of anilines is 2. The molecule has 3 aromatic rings. The SMILES string of the molecule is COC(=O)c1ccc(-c2nc(Nc3cnn(C4CCCCN4C(=O)OC(C)(C)C)c3)ncc2Cl)cc1. The lowest BCUT2D eigenvalue weighted by Crippen LogP contribution is -2.44. The molecule has 0 aliphatic carbocycles. The van der Waals surface area contributed by atoms with E-state index in [-0.39, 0.29) is 12.3 Å². The van der Waals surface area contributed by atoms with Crippen molar-refractivity contribution in [2.45, 2.75) is 51.8 Å². The molecule has 1 fully saturated rings. The molecule has 0 spiro atoms. The summed E-state index contributed by atoms with van der Waals surface area (Å²) in [5.41, 5.74) is 1.77. The minimum absolute atomic E-state index is 0.237. The normalized spacial score (nSPS) is 15.9. The fourth-order valence-corrected chi connectivity index (χ4v) is 4.13. The number of hydrogen-bond acceptors (Lipinski definition) is 8. The quantitative estimate of drug-likeness (QED) is 0.449. The monoisotopic (exact) mass is 512 g/mol. The highest BCUT2D eigenvalue weighted by atomic mass is 35.5. The van der Waals surface area contributed by atoms with Gasteiger partial charge in [0, 0.05) is 12.1 Å². The lowest BCUT2D eigenvalue weighted by Gasteiger charge is -2.36. The van der Waals surface area contributed by atoms with Crippen LogP contribution in [0.15, 0.2) is 42.9 Å². The number of carbonyl (C=O) groups is 2. The molecule has 10 nitrogen and oxygen atoms in total. The molecule has 1 N–H and O–H groups in total. The van der Waals surface area contributed by atoms with Gasteiger partial charge in [0.1, 0.15) is 11.8 Å². The van der Waals surface area contributed by atoms with Crippen molar-refractivity contribution < 1.29 is 19.1 Å². The predicted octanol–water partition coefficient (Wildman–Crippen LogP) is 5.44. The van der Waals surface area contributed by atoms with Crippen LogP contribution in [0.3, 0.4) is 0 Å². The lowest BCUT2D eigenvalue weighted by atomic mass is 10.1. The maximum atomic E-state index is 12.8. The number of piperidine rings is 1. The first-order chi connectivity index (χ1) is 17.1. The number of amides is 1. The number of halogens is 1. The third-order valence-corrected chi connectivity index (χ3v) is 5.86. The Kier molecular flexibility index (Phi) is 7.44. The van der Waals surface area contributed by atoms with Crippen molar-refractivity contribution in [2.75, 3.05) is 19.0 Å². The van der Waals surface area contributed by atoms with Crippen molar-refractivity contribution in [2.24, 2.45) is 0 Å². The third kappa shape index (κ3) is 5.93. The number of esters is 1. The summed E-state index contributed by atoms with van der Waals surface area (Å²) in [5, 5.41) is 8.00. The van der Waals surface area contributed by atoms with Crippen LogP contribution in [0.2, 0.25) is 5.02 Å². The van der Waals surface area contributed by atoms with E-state index in [0.717, 1.165) is 24.8 Å². The number of likely N-dealkylation sites (tertiary alicyclic amines) is 1. The van der Waals surface area contributed by atoms with Gasteiger partial charge in [-0.1, -0.05) is 23.7 Å². The summed E-state index contributed by atoms with van der Waals surface area (Å²) in [7, 11) is 1.33. The molecule has 1 aliphatic heterocycles. The van der Waals surface area contributed by atoms with Crippen LogP contribution >= 0.6 is 11.6 Å². The molecule has 4 rings (SSSR count). The zero-order chi connectivity index (χ0) is 25.9. The molecule has 0 bridgehead atoms. The summed E-state index contributed by atoms with van der Waals surface area (Å²) in [6, 6.07) is 6.79. The van der Waals surface area contributed by atoms with Crippen LogP contribution in [0.4, 0.5) is 16.4 Å².